The maximum Gasteiger partial charge on any atom is 0.184 e. The molecule has 7 heteroatoms. The predicted molar refractivity (Wildman–Crippen MR) is 114 cm³/mol. The Kier molecular flexibility index (Phi) is 6.46. The average Bonchev–Trinajstić information content (AvgIpc) is 3.02. The maximum atomic E-state index is 11.7. The number of carbonyl (C=O) groups excluding carboxylic acids is 1. The zero-order chi connectivity index (χ0) is 19.4. The summed E-state index contributed by atoms with van der Waals surface area (Å²) >= 11 is 8.59. The third-order valence-electron chi connectivity index (χ3n) is 3.99. The van der Waals surface area contributed by atoms with Crippen molar-refractivity contribution in [2.24, 2.45) is 0 Å². The largest absolute Gasteiger partial charge is 0.494 e. The van der Waals surface area contributed by atoms with Crippen LogP contribution >= 0.6 is 35.3 Å². The van der Waals surface area contributed by atoms with E-state index in [9.17, 15) is 4.79 Å². The molecule has 27 heavy (non-hydrogen) atoms. The van der Waals surface area contributed by atoms with Gasteiger partial charge in [0.15, 0.2) is 14.1 Å². The van der Waals surface area contributed by atoms with E-state index in [1.807, 2.05) is 54.9 Å². The number of aromatic nitrogens is 2. The second kappa shape index (κ2) is 8.82. The lowest BCUT2D eigenvalue weighted by atomic mass is 10.1. The molecule has 0 atom stereocenters. The molecular formula is C20H20N2O2S3. The van der Waals surface area contributed by atoms with Gasteiger partial charge in [0.2, 0.25) is 0 Å². The van der Waals surface area contributed by atoms with Crippen molar-refractivity contribution in [3.8, 4) is 11.4 Å². The lowest BCUT2D eigenvalue weighted by Crippen LogP contribution is -2.00. The summed E-state index contributed by atoms with van der Waals surface area (Å²) in [7, 11) is 0. The Bertz CT molecular complexity index is 1020. The minimum absolute atomic E-state index is 0.0452. The molecule has 0 bridgehead atoms. The zero-order valence-electron chi connectivity index (χ0n) is 15.4. The van der Waals surface area contributed by atoms with Crippen molar-refractivity contribution in [1.29, 1.82) is 0 Å². The smallest absolute Gasteiger partial charge is 0.184 e. The van der Waals surface area contributed by atoms with Crippen LogP contribution in [0.1, 0.15) is 35.3 Å². The monoisotopic (exact) mass is 416 g/mol. The van der Waals surface area contributed by atoms with Gasteiger partial charge in [0.25, 0.3) is 0 Å². The molecule has 3 rings (SSSR count). The number of nitrogens with zero attached hydrogens (tertiary/aromatic N) is 2. The summed E-state index contributed by atoms with van der Waals surface area (Å²) in [4.78, 5) is 11.7. The number of rotatable bonds is 7. The number of benzene rings is 2. The standard InChI is InChI=1S/C20H20N2O2S3/c1-4-24-18-10-9-15(14(3)23)11-16(18)12-26-19-21-22(20(25)27-19)17-8-6-5-7-13(17)2/h5-11H,4,12H2,1-3H3. The van der Waals surface area contributed by atoms with Crippen LogP contribution in [0.2, 0.25) is 0 Å². The molecular weight excluding hydrogens is 396 g/mol. The molecule has 0 unspecified atom stereocenters. The quantitative estimate of drug-likeness (QED) is 0.274. The van der Waals surface area contributed by atoms with Crippen LogP contribution in [0.15, 0.2) is 46.8 Å². The molecule has 0 aliphatic carbocycles. The highest BCUT2D eigenvalue weighted by Crippen LogP contribution is 2.31. The topological polar surface area (TPSA) is 44.1 Å². The van der Waals surface area contributed by atoms with E-state index in [2.05, 4.69) is 5.10 Å². The Morgan fingerprint density at radius 2 is 2.07 bits per heavy atom. The fraction of sp³-hybridized carbons (Fsp3) is 0.250. The molecule has 0 aliphatic heterocycles. The van der Waals surface area contributed by atoms with Crippen LogP contribution in [-0.2, 0) is 5.75 Å². The summed E-state index contributed by atoms with van der Waals surface area (Å²) in [6.07, 6.45) is 0. The molecule has 0 fully saturated rings. The highest BCUT2D eigenvalue weighted by atomic mass is 32.2. The first-order chi connectivity index (χ1) is 13.0. The molecule has 1 aromatic heterocycles. The van der Waals surface area contributed by atoms with E-state index in [0.29, 0.717) is 21.9 Å². The summed E-state index contributed by atoms with van der Waals surface area (Å²) < 4.78 is 9.12. The number of carbonyl (C=O) groups is 1. The number of hydrogen-bond acceptors (Lipinski definition) is 6. The molecule has 0 N–H and O–H groups in total. The Morgan fingerprint density at radius 3 is 2.78 bits per heavy atom. The van der Waals surface area contributed by atoms with Crippen molar-refractivity contribution in [2.45, 2.75) is 30.9 Å². The molecule has 140 valence electrons. The van der Waals surface area contributed by atoms with Crippen molar-refractivity contribution in [2.75, 3.05) is 6.61 Å². The highest BCUT2D eigenvalue weighted by Gasteiger charge is 2.12. The van der Waals surface area contributed by atoms with Gasteiger partial charge in [-0.05, 0) is 62.8 Å². The van der Waals surface area contributed by atoms with Gasteiger partial charge in [-0.25, -0.2) is 4.68 Å². The van der Waals surface area contributed by atoms with Crippen molar-refractivity contribution in [3.63, 3.8) is 0 Å². The van der Waals surface area contributed by atoms with Crippen molar-refractivity contribution in [3.05, 3.63) is 63.1 Å². The van der Waals surface area contributed by atoms with E-state index in [4.69, 9.17) is 17.0 Å². The van der Waals surface area contributed by atoms with Crippen LogP contribution in [0.3, 0.4) is 0 Å². The molecule has 2 aromatic carbocycles. The van der Waals surface area contributed by atoms with E-state index in [1.54, 1.807) is 24.8 Å². The average molecular weight is 417 g/mol. The third kappa shape index (κ3) is 4.66. The van der Waals surface area contributed by atoms with Gasteiger partial charge >= 0.3 is 0 Å². The third-order valence-corrected chi connectivity index (χ3v) is 6.41. The summed E-state index contributed by atoms with van der Waals surface area (Å²) in [6, 6.07) is 13.6. The van der Waals surface area contributed by atoms with Crippen LogP contribution < -0.4 is 4.74 Å². The summed E-state index contributed by atoms with van der Waals surface area (Å²) in [6.45, 7) is 6.15. The number of para-hydroxylation sites is 1. The van der Waals surface area contributed by atoms with E-state index < -0.39 is 0 Å². The van der Waals surface area contributed by atoms with E-state index in [-0.39, 0.29) is 5.78 Å². The Labute approximate surface area is 172 Å². The van der Waals surface area contributed by atoms with Gasteiger partial charge in [-0.3, -0.25) is 4.79 Å². The summed E-state index contributed by atoms with van der Waals surface area (Å²) in [5.41, 5.74) is 3.80. The Hall–Kier alpha value is -1.96. The van der Waals surface area contributed by atoms with E-state index in [1.165, 1.54) is 11.3 Å². The van der Waals surface area contributed by atoms with Gasteiger partial charge in [0, 0.05) is 16.9 Å². The van der Waals surface area contributed by atoms with E-state index >= 15 is 0 Å². The fourth-order valence-electron chi connectivity index (χ4n) is 2.62. The summed E-state index contributed by atoms with van der Waals surface area (Å²) in [5.74, 6) is 1.51. The molecule has 0 radical (unpaired) electrons. The van der Waals surface area contributed by atoms with Crippen LogP contribution in [0.25, 0.3) is 5.69 Å². The van der Waals surface area contributed by atoms with Crippen LogP contribution in [-0.4, -0.2) is 22.2 Å². The fourth-order valence-corrected chi connectivity index (χ4v) is 4.94. The van der Waals surface area contributed by atoms with Gasteiger partial charge in [0.1, 0.15) is 5.75 Å². The number of ether oxygens (including phenoxy) is 1. The van der Waals surface area contributed by atoms with Crippen molar-refractivity contribution < 1.29 is 9.53 Å². The number of hydrogen-bond donors (Lipinski definition) is 0. The minimum atomic E-state index is 0.0452. The van der Waals surface area contributed by atoms with Crippen LogP contribution in [0, 0.1) is 10.9 Å². The lowest BCUT2D eigenvalue weighted by Gasteiger charge is -2.10. The molecule has 0 saturated carbocycles. The van der Waals surface area contributed by atoms with Gasteiger partial charge < -0.3 is 4.74 Å². The molecule has 0 aliphatic rings. The molecule has 4 nitrogen and oxygen atoms in total. The SMILES string of the molecule is CCOc1ccc(C(C)=O)cc1CSc1nn(-c2ccccc2C)c(=S)s1. The molecule has 0 amide bonds. The highest BCUT2D eigenvalue weighted by molar-refractivity contribution is 8.00. The minimum Gasteiger partial charge on any atom is -0.494 e. The molecule has 1 heterocycles. The zero-order valence-corrected chi connectivity index (χ0v) is 17.8. The second-order valence-corrected chi connectivity index (χ2v) is 8.78. The van der Waals surface area contributed by atoms with Gasteiger partial charge in [-0.2, -0.15) is 0 Å². The van der Waals surface area contributed by atoms with Gasteiger partial charge in [-0.15, -0.1) is 5.10 Å². The first kappa shape index (κ1) is 19.8. The molecule has 3 aromatic rings. The number of ketones is 1. The number of Topliss-reactive ketones (excluding diaryl/α,β-unsaturated/α-hetero) is 1. The van der Waals surface area contributed by atoms with Gasteiger partial charge in [-0.1, -0.05) is 41.3 Å². The lowest BCUT2D eigenvalue weighted by molar-refractivity contribution is 0.101. The predicted octanol–water partition coefficient (Wildman–Crippen LogP) is 5.87. The first-order valence-corrected chi connectivity index (χ1v) is 10.8. The normalized spacial score (nSPS) is 10.8. The number of thioether (sulfide) groups is 1. The number of aryl methyl sites for hydroxylation is 1. The van der Waals surface area contributed by atoms with Crippen molar-refractivity contribution in [1.82, 2.24) is 9.78 Å². The maximum absolute atomic E-state index is 11.7. The molecule has 0 saturated heterocycles. The van der Waals surface area contributed by atoms with Gasteiger partial charge in [0.05, 0.1) is 12.3 Å². The molecule has 0 spiro atoms. The van der Waals surface area contributed by atoms with Crippen molar-refractivity contribution >= 4 is 41.1 Å². The first-order valence-electron chi connectivity index (χ1n) is 8.55. The van der Waals surface area contributed by atoms with Crippen LogP contribution in [0.5, 0.6) is 5.75 Å². The Morgan fingerprint density at radius 1 is 1.30 bits per heavy atom. The van der Waals surface area contributed by atoms with E-state index in [0.717, 1.165) is 26.9 Å². The summed E-state index contributed by atoms with van der Waals surface area (Å²) in [5, 5.41) is 4.68. The Balaban J connectivity index is 1.84. The second-order valence-electron chi connectivity index (χ2n) is 5.93. The van der Waals surface area contributed by atoms with Crippen LogP contribution in [0.4, 0.5) is 0 Å².